The Hall–Kier alpha value is -3.07. The summed E-state index contributed by atoms with van der Waals surface area (Å²) in [5.74, 6) is 1.12. The van der Waals surface area contributed by atoms with Crippen molar-refractivity contribution in [1.82, 2.24) is 14.6 Å². The average Bonchev–Trinajstić information content (AvgIpc) is 2.90. The summed E-state index contributed by atoms with van der Waals surface area (Å²) in [6, 6.07) is 12.7. The minimum atomic E-state index is -0.0922. The lowest BCUT2D eigenvalue weighted by Gasteiger charge is -2.02. The van der Waals surface area contributed by atoms with E-state index in [-0.39, 0.29) is 17.9 Å². The van der Waals surface area contributed by atoms with Crippen molar-refractivity contribution in [3.05, 3.63) is 53.5 Å². The van der Waals surface area contributed by atoms with Gasteiger partial charge in [0.05, 0.1) is 5.69 Å². The van der Waals surface area contributed by atoms with Crippen LogP contribution in [0.1, 0.15) is 17.1 Å². The van der Waals surface area contributed by atoms with Crippen molar-refractivity contribution in [1.29, 1.82) is 5.26 Å². The molecule has 6 nitrogen and oxygen atoms in total. The molecule has 0 bridgehead atoms. The fraction of sp³-hybridized carbons (Fsp3) is 0.133. The van der Waals surface area contributed by atoms with Crippen LogP contribution in [0, 0.1) is 18.3 Å². The SMILES string of the molecule is Cc1c(C#N)c(O)cc2nc(COc3ccccc3)nn12. The fourth-order valence-electron chi connectivity index (χ4n) is 2.06. The molecule has 0 saturated heterocycles. The summed E-state index contributed by atoms with van der Waals surface area (Å²) in [6.07, 6.45) is 0. The molecule has 0 radical (unpaired) electrons. The van der Waals surface area contributed by atoms with E-state index >= 15 is 0 Å². The summed E-state index contributed by atoms with van der Waals surface area (Å²) in [5.41, 5.74) is 1.23. The van der Waals surface area contributed by atoms with Crippen LogP contribution in [-0.2, 0) is 6.61 Å². The maximum absolute atomic E-state index is 9.77. The van der Waals surface area contributed by atoms with Crippen LogP contribution < -0.4 is 4.74 Å². The number of aromatic hydroxyl groups is 1. The fourth-order valence-corrected chi connectivity index (χ4v) is 2.06. The Bertz CT molecular complexity index is 834. The molecule has 1 aromatic carbocycles. The Morgan fingerprint density at radius 3 is 2.81 bits per heavy atom. The number of rotatable bonds is 3. The Labute approximate surface area is 120 Å². The number of nitrogens with zero attached hydrogens (tertiary/aromatic N) is 4. The van der Waals surface area contributed by atoms with Gasteiger partial charge in [0, 0.05) is 6.07 Å². The van der Waals surface area contributed by atoms with Crippen molar-refractivity contribution >= 4 is 5.65 Å². The zero-order valence-electron chi connectivity index (χ0n) is 11.3. The van der Waals surface area contributed by atoms with Gasteiger partial charge in [0.15, 0.2) is 11.5 Å². The number of fused-ring (bicyclic) bond motifs is 1. The van der Waals surface area contributed by atoms with Crippen molar-refractivity contribution < 1.29 is 9.84 Å². The van der Waals surface area contributed by atoms with E-state index in [1.165, 1.54) is 10.6 Å². The predicted molar refractivity (Wildman–Crippen MR) is 74.9 cm³/mol. The highest BCUT2D eigenvalue weighted by molar-refractivity contribution is 5.54. The second-order valence-electron chi connectivity index (χ2n) is 4.50. The van der Waals surface area contributed by atoms with Gasteiger partial charge in [-0.15, -0.1) is 5.10 Å². The number of hydrogen-bond acceptors (Lipinski definition) is 5. The third-order valence-corrected chi connectivity index (χ3v) is 3.10. The highest BCUT2D eigenvalue weighted by atomic mass is 16.5. The molecule has 0 fully saturated rings. The van der Waals surface area contributed by atoms with Gasteiger partial charge in [0.1, 0.15) is 29.7 Å². The van der Waals surface area contributed by atoms with E-state index in [1.807, 2.05) is 36.4 Å². The van der Waals surface area contributed by atoms with Crippen LogP contribution in [-0.4, -0.2) is 19.7 Å². The van der Waals surface area contributed by atoms with Crippen LogP contribution in [0.3, 0.4) is 0 Å². The number of ether oxygens (including phenoxy) is 1. The van der Waals surface area contributed by atoms with Gasteiger partial charge in [-0.05, 0) is 19.1 Å². The zero-order chi connectivity index (χ0) is 14.8. The predicted octanol–water partition coefficient (Wildman–Crippen LogP) is 2.19. The van der Waals surface area contributed by atoms with Crippen molar-refractivity contribution in [2.45, 2.75) is 13.5 Å². The molecule has 0 spiro atoms. The Morgan fingerprint density at radius 1 is 1.33 bits per heavy atom. The van der Waals surface area contributed by atoms with Crippen molar-refractivity contribution in [3.8, 4) is 17.6 Å². The minimum absolute atomic E-state index is 0.0922. The normalized spacial score (nSPS) is 10.5. The number of pyridine rings is 1. The van der Waals surface area contributed by atoms with E-state index in [9.17, 15) is 5.11 Å². The summed E-state index contributed by atoms with van der Waals surface area (Å²) in [7, 11) is 0. The maximum atomic E-state index is 9.77. The van der Waals surface area contributed by atoms with Crippen molar-refractivity contribution in [3.63, 3.8) is 0 Å². The largest absolute Gasteiger partial charge is 0.506 e. The first-order valence-electron chi connectivity index (χ1n) is 6.35. The van der Waals surface area contributed by atoms with Crippen LogP contribution >= 0.6 is 0 Å². The third kappa shape index (κ3) is 2.37. The van der Waals surface area contributed by atoms with Crippen LogP contribution in [0.4, 0.5) is 0 Å². The zero-order valence-corrected chi connectivity index (χ0v) is 11.3. The van der Waals surface area contributed by atoms with Gasteiger partial charge < -0.3 is 9.84 Å². The quantitative estimate of drug-likeness (QED) is 0.795. The molecular formula is C15H12N4O2. The van der Waals surface area contributed by atoms with Gasteiger partial charge in [0.25, 0.3) is 0 Å². The first kappa shape index (κ1) is 12.9. The summed E-state index contributed by atoms with van der Waals surface area (Å²) in [6.45, 7) is 1.93. The van der Waals surface area contributed by atoms with E-state index in [4.69, 9.17) is 10.00 Å². The molecule has 104 valence electrons. The Kier molecular flexibility index (Phi) is 3.16. The van der Waals surface area contributed by atoms with Crippen LogP contribution in [0.2, 0.25) is 0 Å². The van der Waals surface area contributed by atoms with Crippen LogP contribution in [0.25, 0.3) is 5.65 Å². The highest BCUT2D eigenvalue weighted by Crippen LogP contribution is 2.22. The van der Waals surface area contributed by atoms with Crippen molar-refractivity contribution in [2.75, 3.05) is 0 Å². The molecule has 3 aromatic rings. The van der Waals surface area contributed by atoms with Gasteiger partial charge in [0.2, 0.25) is 0 Å². The maximum Gasteiger partial charge on any atom is 0.189 e. The van der Waals surface area contributed by atoms with E-state index in [0.29, 0.717) is 17.2 Å². The number of benzene rings is 1. The van der Waals surface area contributed by atoms with E-state index < -0.39 is 0 Å². The van der Waals surface area contributed by atoms with E-state index in [1.54, 1.807) is 6.92 Å². The summed E-state index contributed by atoms with van der Waals surface area (Å²) >= 11 is 0. The molecule has 3 rings (SSSR count). The highest BCUT2D eigenvalue weighted by Gasteiger charge is 2.13. The number of aromatic nitrogens is 3. The lowest BCUT2D eigenvalue weighted by atomic mass is 10.2. The second kappa shape index (κ2) is 5.13. The summed E-state index contributed by atoms with van der Waals surface area (Å²) in [5, 5.41) is 23.1. The molecule has 0 aliphatic carbocycles. The summed E-state index contributed by atoms with van der Waals surface area (Å²) in [4.78, 5) is 4.28. The minimum Gasteiger partial charge on any atom is -0.506 e. The lowest BCUT2D eigenvalue weighted by molar-refractivity contribution is 0.296. The standard InChI is InChI=1S/C15H12N4O2/c1-10-12(8-16)13(20)7-15-17-14(18-19(10)15)9-21-11-5-3-2-4-6-11/h2-7,20H,9H2,1H3. The van der Waals surface area contributed by atoms with Gasteiger partial charge in [-0.2, -0.15) is 5.26 Å². The molecule has 0 atom stereocenters. The van der Waals surface area contributed by atoms with E-state index in [2.05, 4.69) is 10.1 Å². The molecule has 0 unspecified atom stereocenters. The molecule has 0 amide bonds. The molecular weight excluding hydrogens is 268 g/mol. The number of para-hydroxylation sites is 1. The van der Waals surface area contributed by atoms with Gasteiger partial charge in [-0.3, -0.25) is 0 Å². The third-order valence-electron chi connectivity index (χ3n) is 3.10. The second-order valence-corrected chi connectivity index (χ2v) is 4.50. The van der Waals surface area contributed by atoms with Gasteiger partial charge >= 0.3 is 0 Å². The topological polar surface area (TPSA) is 83.4 Å². The number of hydrogen-bond donors (Lipinski definition) is 1. The van der Waals surface area contributed by atoms with E-state index in [0.717, 1.165) is 5.75 Å². The molecule has 0 aliphatic rings. The number of nitriles is 1. The molecule has 0 aliphatic heterocycles. The van der Waals surface area contributed by atoms with Crippen molar-refractivity contribution in [2.24, 2.45) is 0 Å². The smallest absolute Gasteiger partial charge is 0.189 e. The summed E-state index contributed by atoms with van der Waals surface area (Å²) < 4.78 is 7.11. The molecule has 21 heavy (non-hydrogen) atoms. The lowest BCUT2D eigenvalue weighted by Crippen LogP contribution is -2.00. The van der Waals surface area contributed by atoms with Crippen LogP contribution in [0.5, 0.6) is 11.5 Å². The molecule has 2 aromatic heterocycles. The molecule has 0 saturated carbocycles. The Balaban J connectivity index is 1.91. The molecule has 2 heterocycles. The molecule has 6 heteroatoms. The van der Waals surface area contributed by atoms with Gasteiger partial charge in [-0.1, -0.05) is 18.2 Å². The Morgan fingerprint density at radius 2 is 2.10 bits per heavy atom. The monoisotopic (exact) mass is 280 g/mol. The van der Waals surface area contributed by atoms with Crippen LogP contribution in [0.15, 0.2) is 36.4 Å². The van der Waals surface area contributed by atoms with Gasteiger partial charge in [-0.25, -0.2) is 9.50 Å². The number of aryl methyl sites for hydroxylation is 1. The average molecular weight is 280 g/mol. The first-order valence-corrected chi connectivity index (χ1v) is 6.35. The first-order chi connectivity index (χ1) is 10.2. The molecule has 1 N–H and O–H groups in total.